The molecule has 0 fully saturated rings. The Kier molecular flexibility index (Phi) is 5.34. The molecule has 162 valence electrons. The molecule has 0 spiro atoms. The van der Waals surface area contributed by atoms with Gasteiger partial charge in [-0.05, 0) is 6.92 Å². The van der Waals surface area contributed by atoms with Crippen molar-refractivity contribution in [1.29, 1.82) is 0 Å². The Labute approximate surface area is 168 Å². The first-order chi connectivity index (χ1) is 13.9. The lowest BCUT2D eigenvalue weighted by Crippen LogP contribution is -1.91. The van der Waals surface area contributed by atoms with Crippen LogP contribution < -0.4 is 0 Å². The third-order valence-corrected chi connectivity index (χ3v) is 4.45. The largest absolute Gasteiger partial charge is 0.506 e. The van der Waals surface area contributed by atoms with E-state index >= 15 is 0 Å². The maximum atomic E-state index is 10.5. The molecule has 0 radical (unpaired) electrons. The van der Waals surface area contributed by atoms with E-state index in [1.807, 2.05) is 13.8 Å². The van der Waals surface area contributed by atoms with E-state index < -0.39 is 85.1 Å². The maximum Gasteiger partial charge on any atom is 0.205 e. The van der Waals surface area contributed by atoms with Crippen molar-refractivity contribution >= 4 is 10.8 Å². The Morgan fingerprint density at radius 3 is 1.00 bits per heavy atom. The second-order valence-corrected chi connectivity index (χ2v) is 5.96. The van der Waals surface area contributed by atoms with Crippen LogP contribution in [0.2, 0.25) is 0 Å². The summed E-state index contributed by atoms with van der Waals surface area (Å²) in [7, 11) is 0. The molecule has 3 aromatic rings. The Morgan fingerprint density at radius 2 is 0.600 bits per heavy atom. The van der Waals surface area contributed by atoms with Crippen LogP contribution in [0.25, 0.3) is 21.9 Å². The van der Waals surface area contributed by atoms with E-state index in [0.717, 1.165) is 6.92 Å². The molecule has 0 aliphatic carbocycles. The van der Waals surface area contributed by atoms with Crippen LogP contribution in [0.3, 0.4) is 0 Å². The van der Waals surface area contributed by atoms with Crippen molar-refractivity contribution in [3.05, 3.63) is 5.56 Å². The van der Waals surface area contributed by atoms with Gasteiger partial charge in [-0.25, -0.2) is 0 Å². The molecule has 11 heteroatoms. The van der Waals surface area contributed by atoms with Crippen LogP contribution >= 0.6 is 0 Å². The molecule has 0 saturated heterocycles. The summed E-state index contributed by atoms with van der Waals surface area (Å²) < 4.78 is 0. The SMILES string of the molecule is CC.Cc1c(O)c(O)c(-c2c(O)c(O)c3c(O)c(O)c(O)c(O)c3c2O)c(O)c1O. The van der Waals surface area contributed by atoms with E-state index in [0.29, 0.717) is 0 Å². The van der Waals surface area contributed by atoms with Gasteiger partial charge >= 0.3 is 0 Å². The van der Waals surface area contributed by atoms with Crippen LogP contribution in [-0.2, 0) is 0 Å². The van der Waals surface area contributed by atoms with Crippen LogP contribution in [0.15, 0.2) is 0 Å². The van der Waals surface area contributed by atoms with Crippen LogP contribution in [0.1, 0.15) is 19.4 Å². The minimum atomic E-state index is -1.28. The average molecular weight is 424 g/mol. The van der Waals surface area contributed by atoms with Crippen LogP contribution in [0.5, 0.6) is 63.2 Å². The van der Waals surface area contributed by atoms with E-state index in [2.05, 4.69) is 0 Å². The Hall–Kier alpha value is -4.28. The summed E-state index contributed by atoms with van der Waals surface area (Å²) in [5.74, 6) is -12.7. The highest BCUT2D eigenvalue weighted by Gasteiger charge is 2.33. The highest BCUT2D eigenvalue weighted by Crippen LogP contribution is 2.62. The fourth-order valence-electron chi connectivity index (χ4n) is 2.92. The lowest BCUT2D eigenvalue weighted by Gasteiger charge is -2.19. The lowest BCUT2D eigenvalue weighted by molar-refractivity contribution is 0.347. The number of rotatable bonds is 1. The molecule has 3 aromatic carbocycles. The van der Waals surface area contributed by atoms with Crippen molar-refractivity contribution < 1.29 is 56.2 Å². The smallest absolute Gasteiger partial charge is 0.205 e. The predicted molar refractivity (Wildman–Crippen MR) is 104 cm³/mol. The molecule has 0 aliphatic heterocycles. The zero-order valence-corrected chi connectivity index (χ0v) is 15.9. The van der Waals surface area contributed by atoms with Gasteiger partial charge in [0.05, 0.1) is 21.9 Å². The van der Waals surface area contributed by atoms with Crippen LogP contribution in [0, 0.1) is 6.92 Å². The molecule has 0 unspecified atom stereocenters. The number of hydrogen-bond donors (Lipinski definition) is 11. The predicted octanol–water partition coefficient (Wildman–Crippen LogP) is 2.60. The van der Waals surface area contributed by atoms with Crippen molar-refractivity contribution in [2.75, 3.05) is 0 Å². The number of benzene rings is 3. The number of phenols is 11. The third kappa shape index (κ3) is 2.67. The van der Waals surface area contributed by atoms with Crippen LogP contribution in [-0.4, -0.2) is 56.2 Å². The van der Waals surface area contributed by atoms with Gasteiger partial charge in [0, 0.05) is 5.56 Å². The molecule has 30 heavy (non-hydrogen) atoms. The van der Waals surface area contributed by atoms with Gasteiger partial charge in [-0.1, -0.05) is 13.8 Å². The maximum absolute atomic E-state index is 10.5. The summed E-state index contributed by atoms with van der Waals surface area (Å²) in [5, 5.41) is 108. The zero-order valence-electron chi connectivity index (χ0n) is 15.9. The van der Waals surface area contributed by atoms with E-state index in [4.69, 9.17) is 0 Å². The topological polar surface area (TPSA) is 223 Å². The minimum Gasteiger partial charge on any atom is -0.506 e. The first-order valence-corrected chi connectivity index (χ1v) is 8.46. The highest BCUT2D eigenvalue weighted by molar-refractivity contribution is 6.11. The van der Waals surface area contributed by atoms with Crippen LogP contribution in [0.4, 0.5) is 0 Å². The molecule has 0 aromatic heterocycles. The molecule has 0 bridgehead atoms. The molecule has 11 N–H and O–H groups in total. The van der Waals surface area contributed by atoms with Gasteiger partial charge in [0.25, 0.3) is 0 Å². The van der Waals surface area contributed by atoms with E-state index in [1.54, 1.807) is 0 Å². The fraction of sp³-hybridized carbons (Fsp3) is 0.158. The monoisotopic (exact) mass is 424 g/mol. The van der Waals surface area contributed by atoms with Gasteiger partial charge in [0.2, 0.25) is 11.5 Å². The zero-order chi connectivity index (χ0) is 23.2. The molecule has 11 nitrogen and oxygen atoms in total. The summed E-state index contributed by atoms with van der Waals surface area (Å²) in [6.07, 6.45) is 0. The Balaban J connectivity index is 0.00000155. The lowest BCUT2D eigenvalue weighted by atomic mass is 9.93. The summed E-state index contributed by atoms with van der Waals surface area (Å²) in [4.78, 5) is 0. The Morgan fingerprint density at radius 1 is 0.333 bits per heavy atom. The number of hydrogen-bond acceptors (Lipinski definition) is 11. The summed E-state index contributed by atoms with van der Waals surface area (Å²) in [6.45, 7) is 5.14. The van der Waals surface area contributed by atoms with Crippen molar-refractivity contribution in [1.82, 2.24) is 0 Å². The molecule has 0 aliphatic rings. The number of fused-ring (bicyclic) bond motifs is 1. The Bertz CT molecular complexity index is 1150. The van der Waals surface area contributed by atoms with Gasteiger partial charge in [-0.15, -0.1) is 0 Å². The summed E-state index contributed by atoms with van der Waals surface area (Å²) in [5.41, 5.74) is -2.24. The molecule has 0 atom stereocenters. The van der Waals surface area contributed by atoms with E-state index in [9.17, 15) is 56.2 Å². The highest BCUT2D eigenvalue weighted by atomic mass is 16.4. The van der Waals surface area contributed by atoms with Gasteiger partial charge in [-0.2, -0.15) is 0 Å². The van der Waals surface area contributed by atoms with E-state index in [-0.39, 0.29) is 5.56 Å². The standard InChI is InChI=1S/C17H14O11.C2H6/c1-2-7(18)10(21)5(11(22)8(2)19)3-9(20)4-6(13(24)12(3)23)15(26)17(28)16(27)14(4)25;1-2/h18-28H,1H3;1-2H3. The summed E-state index contributed by atoms with van der Waals surface area (Å²) in [6, 6.07) is 0. The van der Waals surface area contributed by atoms with Crippen molar-refractivity contribution in [2.24, 2.45) is 0 Å². The quantitative estimate of drug-likeness (QED) is 0.201. The van der Waals surface area contributed by atoms with Gasteiger partial charge in [0.15, 0.2) is 46.0 Å². The molecular weight excluding hydrogens is 404 g/mol. The molecule has 0 saturated carbocycles. The molecule has 3 rings (SSSR count). The van der Waals surface area contributed by atoms with Crippen molar-refractivity contribution in [3.8, 4) is 74.4 Å². The van der Waals surface area contributed by atoms with Gasteiger partial charge in [-0.3, -0.25) is 0 Å². The number of phenolic OH excluding ortho intramolecular Hbond substituents is 11. The minimum absolute atomic E-state index is 0.342. The molecular formula is C19H20O11. The third-order valence-electron chi connectivity index (χ3n) is 4.45. The number of aromatic hydroxyl groups is 11. The van der Waals surface area contributed by atoms with E-state index in [1.165, 1.54) is 0 Å². The summed E-state index contributed by atoms with van der Waals surface area (Å²) >= 11 is 0. The van der Waals surface area contributed by atoms with Gasteiger partial charge in [0.1, 0.15) is 5.75 Å². The van der Waals surface area contributed by atoms with Crippen molar-refractivity contribution in [2.45, 2.75) is 20.8 Å². The second kappa shape index (κ2) is 7.28. The van der Waals surface area contributed by atoms with Gasteiger partial charge < -0.3 is 56.2 Å². The van der Waals surface area contributed by atoms with Crippen molar-refractivity contribution in [3.63, 3.8) is 0 Å². The second-order valence-electron chi connectivity index (χ2n) is 5.96. The molecule has 0 amide bonds. The first kappa shape index (κ1) is 22.0. The first-order valence-electron chi connectivity index (χ1n) is 8.46. The molecule has 0 heterocycles. The normalized spacial score (nSPS) is 10.6. The fourth-order valence-corrected chi connectivity index (χ4v) is 2.92. The average Bonchev–Trinajstić information content (AvgIpc) is 2.74.